The van der Waals surface area contributed by atoms with Crippen molar-refractivity contribution < 1.29 is 9.90 Å². The van der Waals surface area contributed by atoms with Crippen molar-refractivity contribution in [3.63, 3.8) is 0 Å². The minimum atomic E-state index is -0.909. The van der Waals surface area contributed by atoms with Crippen LogP contribution in [0, 0.1) is 12.3 Å². The number of rotatable bonds is 6. The molecular formula is C14H17NO2S. The molecule has 0 saturated carbocycles. The zero-order valence-corrected chi connectivity index (χ0v) is 11.5. The second-order valence-electron chi connectivity index (χ2n) is 3.79. The Kier molecular flexibility index (Phi) is 5.60. The van der Waals surface area contributed by atoms with Gasteiger partial charge in [-0.25, -0.2) is 4.79 Å². The van der Waals surface area contributed by atoms with Crippen molar-refractivity contribution in [1.29, 1.82) is 0 Å². The zero-order valence-electron chi connectivity index (χ0n) is 10.6. The van der Waals surface area contributed by atoms with Gasteiger partial charge in [-0.1, -0.05) is 18.9 Å². The molecule has 0 aromatic heterocycles. The Bertz CT molecular complexity index is 465. The van der Waals surface area contributed by atoms with Crippen LogP contribution in [0.3, 0.4) is 0 Å². The van der Waals surface area contributed by atoms with Gasteiger partial charge in [0.15, 0.2) is 0 Å². The van der Waals surface area contributed by atoms with Gasteiger partial charge in [0.2, 0.25) is 0 Å². The standard InChI is InChI=1S/C14H17NO2S/c1-4-9-15(10-5-2)11-7-6-8-12(18-3)13(11)14(16)17/h1,6-8H,5,9-10H2,2-3H3,(H,16,17). The van der Waals surface area contributed by atoms with Crippen molar-refractivity contribution in [1.82, 2.24) is 0 Å². The number of thioether (sulfide) groups is 1. The second kappa shape index (κ2) is 6.97. The summed E-state index contributed by atoms with van der Waals surface area (Å²) < 4.78 is 0. The summed E-state index contributed by atoms with van der Waals surface area (Å²) in [5.74, 6) is 1.67. The third-order valence-electron chi connectivity index (χ3n) is 2.55. The lowest BCUT2D eigenvalue weighted by Gasteiger charge is -2.24. The molecule has 0 atom stereocenters. The van der Waals surface area contributed by atoms with Gasteiger partial charge < -0.3 is 10.0 Å². The van der Waals surface area contributed by atoms with Crippen LogP contribution in [0.15, 0.2) is 23.1 Å². The van der Waals surface area contributed by atoms with Crippen molar-refractivity contribution in [2.75, 3.05) is 24.2 Å². The highest BCUT2D eigenvalue weighted by molar-refractivity contribution is 7.98. The largest absolute Gasteiger partial charge is 0.478 e. The predicted octanol–water partition coefficient (Wildman–Crippen LogP) is 2.96. The summed E-state index contributed by atoms with van der Waals surface area (Å²) in [6.07, 6.45) is 8.14. The molecule has 1 aromatic carbocycles. The van der Waals surface area contributed by atoms with E-state index in [9.17, 15) is 9.90 Å². The zero-order chi connectivity index (χ0) is 13.5. The van der Waals surface area contributed by atoms with Crippen LogP contribution >= 0.6 is 11.8 Å². The van der Waals surface area contributed by atoms with Crippen molar-refractivity contribution in [2.24, 2.45) is 0 Å². The Morgan fingerprint density at radius 3 is 2.78 bits per heavy atom. The molecule has 3 nitrogen and oxygen atoms in total. The highest BCUT2D eigenvalue weighted by atomic mass is 32.2. The molecule has 0 aliphatic heterocycles. The minimum absolute atomic E-state index is 0.341. The van der Waals surface area contributed by atoms with E-state index in [1.807, 2.05) is 36.3 Å². The summed E-state index contributed by atoms with van der Waals surface area (Å²) in [5.41, 5.74) is 1.04. The van der Waals surface area contributed by atoms with E-state index in [1.165, 1.54) is 11.8 Å². The second-order valence-corrected chi connectivity index (χ2v) is 4.63. The van der Waals surface area contributed by atoms with Gasteiger partial charge in [-0.15, -0.1) is 18.2 Å². The minimum Gasteiger partial charge on any atom is -0.478 e. The Morgan fingerprint density at radius 1 is 1.56 bits per heavy atom. The number of terminal acetylenes is 1. The molecule has 0 aliphatic carbocycles. The van der Waals surface area contributed by atoms with E-state index < -0.39 is 5.97 Å². The summed E-state index contributed by atoms with van der Waals surface area (Å²) in [6.45, 7) is 3.22. The molecule has 96 valence electrons. The number of anilines is 1. The molecule has 0 unspecified atom stereocenters. The van der Waals surface area contributed by atoms with E-state index in [-0.39, 0.29) is 0 Å². The average Bonchev–Trinajstić information content (AvgIpc) is 2.37. The summed E-state index contributed by atoms with van der Waals surface area (Å²) >= 11 is 1.43. The van der Waals surface area contributed by atoms with Crippen LogP contribution in [-0.2, 0) is 0 Å². The van der Waals surface area contributed by atoms with Gasteiger partial charge in [0.1, 0.15) is 0 Å². The van der Waals surface area contributed by atoms with E-state index in [0.29, 0.717) is 17.8 Å². The fraction of sp³-hybridized carbons (Fsp3) is 0.357. The summed E-state index contributed by atoms with van der Waals surface area (Å²) in [7, 11) is 0. The molecule has 18 heavy (non-hydrogen) atoms. The molecule has 0 radical (unpaired) electrons. The monoisotopic (exact) mass is 263 g/mol. The van der Waals surface area contributed by atoms with E-state index in [1.54, 1.807) is 0 Å². The summed E-state index contributed by atoms with van der Waals surface area (Å²) in [5, 5.41) is 9.37. The molecule has 1 N–H and O–H groups in total. The first-order valence-electron chi connectivity index (χ1n) is 5.74. The third kappa shape index (κ3) is 3.21. The van der Waals surface area contributed by atoms with Crippen LogP contribution < -0.4 is 4.90 Å². The normalized spacial score (nSPS) is 9.83. The molecule has 0 amide bonds. The Hall–Kier alpha value is -1.60. The lowest BCUT2D eigenvalue weighted by Crippen LogP contribution is -2.26. The molecule has 0 saturated heterocycles. The maximum absolute atomic E-state index is 11.4. The van der Waals surface area contributed by atoms with Gasteiger partial charge in [0.25, 0.3) is 0 Å². The van der Waals surface area contributed by atoms with Crippen LogP contribution in [0.2, 0.25) is 0 Å². The van der Waals surface area contributed by atoms with Crippen molar-refractivity contribution in [3.8, 4) is 12.3 Å². The van der Waals surface area contributed by atoms with Gasteiger partial charge in [-0.2, -0.15) is 0 Å². The van der Waals surface area contributed by atoms with Crippen molar-refractivity contribution in [2.45, 2.75) is 18.2 Å². The topological polar surface area (TPSA) is 40.5 Å². The molecule has 1 aromatic rings. The molecule has 4 heteroatoms. The molecular weight excluding hydrogens is 246 g/mol. The van der Waals surface area contributed by atoms with Crippen LogP contribution in [0.4, 0.5) is 5.69 Å². The van der Waals surface area contributed by atoms with Gasteiger partial charge in [-0.3, -0.25) is 0 Å². The number of hydrogen-bond donors (Lipinski definition) is 1. The number of carboxylic acids is 1. The number of hydrogen-bond acceptors (Lipinski definition) is 3. The van der Waals surface area contributed by atoms with E-state index in [0.717, 1.165) is 17.9 Å². The average molecular weight is 263 g/mol. The highest BCUT2D eigenvalue weighted by Crippen LogP contribution is 2.29. The van der Waals surface area contributed by atoms with Crippen molar-refractivity contribution in [3.05, 3.63) is 23.8 Å². The summed E-state index contributed by atoms with van der Waals surface area (Å²) in [4.78, 5) is 14.1. The van der Waals surface area contributed by atoms with Gasteiger partial charge in [0, 0.05) is 11.4 Å². The van der Waals surface area contributed by atoms with Crippen molar-refractivity contribution >= 4 is 23.4 Å². The lowest BCUT2D eigenvalue weighted by atomic mass is 10.1. The van der Waals surface area contributed by atoms with E-state index in [4.69, 9.17) is 6.42 Å². The molecule has 0 spiro atoms. The first-order chi connectivity index (χ1) is 8.65. The number of nitrogens with zero attached hydrogens (tertiary/aromatic N) is 1. The van der Waals surface area contributed by atoms with Crippen LogP contribution in [0.5, 0.6) is 0 Å². The summed E-state index contributed by atoms with van der Waals surface area (Å²) in [6, 6.07) is 5.50. The molecule has 0 aliphatic rings. The number of carboxylic acid groups (broad SMARTS) is 1. The van der Waals surface area contributed by atoms with Crippen LogP contribution in [0.25, 0.3) is 0 Å². The van der Waals surface area contributed by atoms with Crippen LogP contribution in [0.1, 0.15) is 23.7 Å². The van der Waals surface area contributed by atoms with E-state index >= 15 is 0 Å². The fourth-order valence-electron chi connectivity index (χ4n) is 1.83. The Balaban J connectivity index is 3.28. The third-order valence-corrected chi connectivity index (χ3v) is 3.33. The molecule has 0 fully saturated rings. The SMILES string of the molecule is C#CCN(CCC)c1cccc(SC)c1C(=O)O. The van der Waals surface area contributed by atoms with Gasteiger partial charge >= 0.3 is 5.97 Å². The molecule has 0 bridgehead atoms. The number of carbonyl (C=O) groups is 1. The first-order valence-corrected chi connectivity index (χ1v) is 6.96. The first kappa shape index (κ1) is 14.5. The molecule has 0 heterocycles. The predicted molar refractivity (Wildman–Crippen MR) is 76.5 cm³/mol. The lowest BCUT2D eigenvalue weighted by molar-refractivity contribution is 0.0694. The number of aromatic carboxylic acids is 1. The van der Waals surface area contributed by atoms with Gasteiger partial charge in [-0.05, 0) is 24.8 Å². The quantitative estimate of drug-likeness (QED) is 0.633. The van der Waals surface area contributed by atoms with Crippen LogP contribution in [-0.4, -0.2) is 30.4 Å². The maximum atomic E-state index is 11.4. The Morgan fingerprint density at radius 2 is 2.28 bits per heavy atom. The van der Waals surface area contributed by atoms with E-state index in [2.05, 4.69) is 5.92 Å². The highest BCUT2D eigenvalue weighted by Gasteiger charge is 2.18. The van der Waals surface area contributed by atoms with Gasteiger partial charge in [0.05, 0.1) is 17.8 Å². The number of benzene rings is 1. The Labute approximate surface area is 112 Å². The maximum Gasteiger partial charge on any atom is 0.338 e. The smallest absolute Gasteiger partial charge is 0.338 e. The molecule has 1 rings (SSSR count). The fourth-order valence-corrected chi connectivity index (χ4v) is 2.44.